The van der Waals surface area contributed by atoms with E-state index < -0.39 is 5.97 Å². The summed E-state index contributed by atoms with van der Waals surface area (Å²) in [7, 11) is 0. The van der Waals surface area contributed by atoms with E-state index in [-0.39, 0.29) is 28.5 Å². The van der Waals surface area contributed by atoms with Gasteiger partial charge in [-0.3, -0.25) is 9.59 Å². The van der Waals surface area contributed by atoms with E-state index in [1.165, 1.54) is 11.3 Å². The number of thiophene rings is 1. The molecule has 3 rings (SSSR count). The quantitative estimate of drug-likeness (QED) is 0.815. The molecule has 1 aromatic heterocycles. The van der Waals surface area contributed by atoms with Gasteiger partial charge in [0.25, 0.3) is 0 Å². The smallest absolute Gasteiger partial charge is 0.345 e. The van der Waals surface area contributed by atoms with Crippen molar-refractivity contribution in [3.8, 4) is 0 Å². The van der Waals surface area contributed by atoms with Crippen LogP contribution in [0.1, 0.15) is 42.8 Å². The number of fused-ring (bicyclic) bond motifs is 1. The number of hydrogen-bond donors (Lipinski definition) is 2. The molecule has 2 atom stereocenters. The second-order valence-corrected chi connectivity index (χ2v) is 8.17. The molecule has 0 bridgehead atoms. The molecule has 144 valence electrons. The SMILES string of the molecule is CCC(C)C(=O)N1CCCC(C(=O)Nc2ccc3sc(C(=O)O)cc3c2)C1. The molecule has 2 heterocycles. The average Bonchev–Trinajstić information content (AvgIpc) is 3.10. The summed E-state index contributed by atoms with van der Waals surface area (Å²) in [6.45, 7) is 5.09. The highest BCUT2D eigenvalue weighted by Crippen LogP contribution is 2.29. The summed E-state index contributed by atoms with van der Waals surface area (Å²) < 4.78 is 0.869. The molecule has 7 heteroatoms. The minimum atomic E-state index is -0.949. The lowest BCUT2D eigenvalue weighted by molar-refractivity contribution is -0.138. The van der Waals surface area contributed by atoms with Crippen LogP contribution in [0, 0.1) is 11.8 Å². The third kappa shape index (κ3) is 4.30. The zero-order valence-electron chi connectivity index (χ0n) is 15.5. The van der Waals surface area contributed by atoms with Crippen molar-refractivity contribution in [3.05, 3.63) is 29.1 Å². The van der Waals surface area contributed by atoms with Gasteiger partial charge in [-0.1, -0.05) is 13.8 Å². The number of benzene rings is 1. The van der Waals surface area contributed by atoms with E-state index >= 15 is 0 Å². The molecule has 1 aliphatic rings. The van der Waals surface area contributed by atoms with Crippen molar-refractivity contribution < 1.29 is 19.5 Å². The molecule has 1 saturated heterocycles. The third-order valence-electron chi connectivity index (χ3n) is 5.13. The van der Waals surface area contributed by atoms with E-state index in [1.54, 1.807) is 18.2 Å². The summed E-state index contributed by atoms with van der Waals surface area (Å²) in [5.74, 6) is -1.16. The van der Waals surface area contributed by atoms with Crippen molar-refractivity contribution in [3.63, 3.8) is 0 Å². The minimum absolute atomic E-state index is 0.0174. The highest BCUT2D eigenvalue weighted by Gasteiger charge is 2.30. The van der Waals surface area contributed by atoms with Gasteiger partial charge in [0, 0.05) is 29.4 Å². The number of aromatic carboxylic acids is 1. The van der Waals surface area contributed by atoms with Gasteiger partial charge in [0.1, 0.15) is 4.88 Å². The van der Waals surface area contributed by atoms with Gasteiger partial charge >= 0.3 is 5.97 Å². The number of carbonyl (C=O) groups excluding carboxylic acids is 2. The standard InChI is InChI=1S/C20H24N2O4S/c1-3-12(2)19(24)22-8-4-5-13(11-22)18(23)21-15-6-7-16-14(9-15)10-17(27-16)20(25)26/h6-7,9-10,12-13H,3-5,8,11H2,1-2H3,(H,21,23)(H,25,26). The molecule has 0 spiro atoms. The number of nitrogens with zero attached hydrogens (tertiary/aromatic N) is 1. The molecule has 2 aromatic rings. The van der Waals surface area contributed by atoms with Crippen LogP contribution in [0.2, 0.25) is 0 Å². The lowest BCUT2D eigenvalue weighted by Crippen LogP contribution is -2.45. The maximum absolute atomic E-state index is 12.7. The number of carboxylic acids is 1. The van der Waals surface area contributed by atoms with Gasteiger partial charge in [-0.2, -0.15) is 0 Å². The van der Waals surface area contributed by atoms with E-state index in [9.17, 15) is 14.4 Å². The Labute approximate surface area is 162 Å². The molecule has 1 aliphatic heterocycles. The number of likely N-dealkylation sites (tertiary alicyclic amines) is 1. The second kappa shape index (κ2) is 8.08. The van der Waals surface area contributed by atoms with E-state index in [4.69, 9.17) is 5.11 Å². The van der Waals surface area contributed by atoms with E-state index in [1.807, 2.05) is 24.8 Å². The summed E-state index contributed by atoms with van der Waals surface area (Å²) >= 11 is 1.21. The number of hydrogen-bond acceptors (Lipinski definition) is 4. The molecule has 2 N–H and O–H groups in total. The fourth-order valence-electron chi connectivity index (χ4n) is 3.35. The minimum Gasteiger partial charge on any atom is -0.477 e. The van der Waals surface area contributed by atoms with Gasteiger partial charge in [0.15, 0.2) is 0 Å². The predicted molar refractivity (Wildman–Crippen MR) is 106 cm³/mol. The Bertz CT molecular complexity index is 876. The summed E-state index contributed by atoms with van der Waals surface area (Å²) in [6.07, 6.45) is 2.39. The first kappa shape index (κ1) is 19.4. The Morgan fingerprint density at radius 3 is 2.81 bits per heavy atom. The van der Waals surface area contributed by atoms with Gasteiger partial charge in [-0.15, -0.1) is 11.3 Å². The number of amides is 2. The van der Waals surface area contributed by atoms with E-state index in [0.29, 0.717) is 18.8 Å². The molecule has 1 fully saturated rings. The second-order valence-electron chi connectivity index (χ2n) is 7.09. The first-order valence-electron chi connectivity index (χ1n) is 9.25. The average molecular weight is 388 g/mol. The van der Waals surface area contributed by atoms with Gasteiger partial charge < -0.3 is 15.3 Å². The number of nitrogens with one attached hydrogen (secondary N) is 1. The third-order valence-corrected chi connectivity index (χ3v) is 6.24. The van der Waals surface area contributed by atoms with Gasteiger partial charge in [-0.05, 0) is 48.9 Å². The lowest BCUT2D eigenvalue weighted by atomic mass is 9.95. The maximum atomic E-state index is 12.7. The molecule has 0 radical (unpaired) electrons. The number of carboxylic acid groups (broad SMARTS) is 1. The molecule has 0 saturated carbocycles. The monoisotopic (exact) mass is 388 g/mol. The van der Waals surface area contributed by atoms with Crippen LogP contribution in [0.3, 0.4) is 0 Å². The Kier molecular flexibility index (Phi) is 5.79. The molecule has 1 aromatic carbocycles. The highest BCUT2D eigenvalue weighted by atomic mass is 32.1. The Balaban J connectivity index is 1.68. The predicted octanol–water partition coefficient (Wildman–Crippen LogP) is 3.82. The van der Waals surface area contributed by atoms with E-state index in [2.05, 4.69) is 5.32 Å². The summed E-state index contributed by atoms with van der Waals surface area (Å²) in [6, 6.07) is 7.02. The summed E-state index contributed by atoms with van der Waals surface area (Å²) in [5.41, 5.74) is 0.646. The number of piperidine rings is 1. The Morgan fingerprint density at radius 2 is 2.11 bits per heavy atom. The molecular formula is C20H24N2O4S. The van der Waals surface area contributed by atoms with Crippen LogP contribution in [-0.2, 0) is 9.59 Å². The normalized spacial score (nSPS) is 18.3. The molecular weight excluding hydrogens is 364 g/mol. The fourth-order valence-corrected chi connectivity index (χ4v) is 4.23. The zero-order chi connectivity index (χ0) is 19.6. The van der Waals surface area contributed by atoms with Crippen LogP contribution in [0.5, 0.6) is 0 Å². The largest absolute Gasteiger partial charge is 0.477 e. The Hall–Kier alpha value is -2.41. The maximum Gasteiger partial charge on any atom is 0.345 e. The van der Waals surface area contributed by atoms with Crippen LogP contribution in [0.15, 0.2) is 24.3 Å². The Morgan fingerprint density at radius 1 is 1.33 bits per heavy atom. The number of rotatable bonds is 5. The van der Waals surface area contributed by atoms with Gasteiger partial charge in [0.2, 0.25) is 11.8 Å². The topological polar surface area (TPSA) is 86.7 Å². The van der Waals surface area contributed by atoms with Crippen molar-refractivity contribution in [2.24, 2.45) is 11.8 Å². The van der Waals surface area contributed by atoms with Crippen molar-refractivity contribution >= 4 is 44.9 Å². The van der Waals surface area contributed by atoms with Crippen LogP contribution in [-0.4, -0.2) is 40.9 Å². The zero-order valence-corrected chi connectivity index (χ0v) is 16.3. The van der Waals surface area contributed by atoms with Crippen molar-refractivity contribution in [1.29, 1.82) is 0 Å². The van der Waals surface area contributed by atoms with Crippen LogP contribution >= 0.6 is 11.3 Å². The van der Waals surface area contributed by atoms with Crippen molar-refractivity contribution in [2.45, 2.75) is 33.1 Å². The van der Waals surface area contributed by atoms with Gasteiger partial charge in [-0.25, -0.2) is 4.79 Å². The molecule has 27 heavy (non-hydrogen) atoms. The van der Waals surface area contributed by atoms with E-state index in [0.717, 1.165) is 29.3 Å². The summed E-state index contributed by atoms with van der Waals surface area (Å²) in [4.78, 5) is 38.3. The first-order valence-corrected chi connectivity index (χ1v) is 10.1. The fraction of sp³-hybridized carbons (Fsp3) is 0.450. The molecule has 0 aliphatic carbocycles. The highest BCUT2D eigenvalue weighted by molar-refractivity contribution is 7.20. The first-order chi connectivity index (χ1) is 12.9. The number of anilines is 1. The lowest BCUT2D eigenvalue weighted by Gasteiger charge is -2.33. The molecule has 2 amide bonds. The number of carbonyl (C=O) groups is 3. The van der Waals surface area contributed by atoms with Crippen LogP contribution < -0.4 is 5.32 Å². The summed E-state index contributed by atoms with van der Waals surface area (Å²) in [5, 5.41) is 12.8. The van der Waals surface area contributed by atoms with Gasteiger partial charge in [0.05, 0.1) is 5.92 Å². The van der Waals surface area contributed by atoms with Crippen LogP contribution in [0.25, 0.3) is 10.1 Å². The molecule has 2 unspecified atom stereocenters. The molecule has 6 nitrogen and oxygen atoms in total. The van der Waals surface area contributed by atoms with Crippen molar-refractivity contribution in [2.75, 3.05) is 18.4 Å². The van der Waals surface area contributed by atoms with Crippen molar-refractivity contribution in [1.82, 2.24) is 4.90 Å². The van der Waals surface area contributed by atoms with Crippen LogP contribution in [0.4, 0.5) is 5.69 Å².